The van der Waals surface area contributed by atoms with Crippen LogP contribution in [0.1, 0.15) is 26.4 Å². The third-order valence-electron chi connectivity index (χ3n) is 3.78. The largest absolute Gasteiger partial charge is 0.434 e. The zero-order valence-corrected chi connectivity index (χ0v) is 14.8. The van der Waals surface area contributed by atoms with E-state index in [1.807, 2.05) is 0 Å². The summed E-state index contributed by atoms with van der Waals surface area (Å²) in [5, 5.41) is 6.41. The molecule has 0 fully saturated rings. The van der Waals surface area contributed by atoms with Gasteiger partial charge in [-0.3, -0.25) is 9.59 Å². The molecule has 28 heavy (non-hydrogen) atoms. The second-order valence-electron chi connectivity index (χ2n) is 5.69. The average Bonchev–Trinajstić information content (AvgIpc) is 3.08. The van der Waals surface area contributed by atoms with Crippen molar-refractivity contribution in [2.45, 2.75) is 6.18 Å². The van der Waals surface area contributed by atoms with Crippen LogP contribution in [0, 0.1) is 0 Å². The third-order valence-corrected chi connectivity index (χ3v) is 4.03. The van der Waals surface area contributed by atoms with E-state index in [9.17, 15) is 22.8 Å². The van der Waals surface area contributed by atoms with Gasteiger partial charge in [0.15, 0.2) is 5.69 Å². The van der Waals surface area contributed by atoms with E-state index in [-0.39, 0.29) is 16.9 Å². The summed E-state index contributed by atoms with van der Waals surface area (Å²) < 4.78 is 41.5. The van der Waals surface area contributed by atoms with Crippen molar-refractivity contribution in [2.75, 3.05) is 5.32 Å². The molecule has 0 atom stereocenters. The number of hydrogen-bond acceptors (Lipinski definition) is 3. The first-order chi connectivity index (χ1) is 13.2. The first kappa shape index (κ1) is 19.4. The van der Waals surface area contributed by atoms with Crippen LogP contribution in [0.15, 0.2) is 54.7 Å². The van der Waals surface area contributed by atoms with Crippen LogP contribution < -0.4 is 11.1 Å². The quantitative estimate of drug-likeness (QED) is 0.686. The highest BCUT2D eigenvalue weighted by Gasteiger charge is 2.40. The lowest BCUT2D eigenvalue weighted by Gasteiger charge is -2.13. The topological polar surface area (TPSA) is 90.0 Å². The minimum Gasteiger partial charge on any atom is -0.366 e. The van der Waals surface area contributed by atoms with E-state index in [2.05, 4.69) is 10.4 Å². The van der Waals surface area contributed by atoms with Crippen molar-refractivity contribution in [1.29, 1.82) is 0 Å². The number of primary amides is 1. The van der Waals surface area contributed by atoms with Gasteiger partial charge < -0.3 is 11.1 Å². The zero-order chi connectivity index (χ0) is 20.5. The Labute approximate surface area is 161 Å². The molecule has 0 saturated heterocycles. The lowest BCUT2D eigenvalue weighted by molar-refractivity contribution is -0.143. The van der Waals surface area contributed by atoms with Crippen molar-refractivity contribution in [2.24, 2.45) is 5.73 Å². The normalized spacial score (nSPS) is 11.3. The average molecular weight is 409 g/mol. The molecular formula is C18H12ClF3N4O2. The first-order valence-corrected chi connectivity index (χ1v) is 8.17. The number of aromatic nitrogens is 2. The van der Waals surface area contributed by atoms with Gasteiger partial charge in [-0.2, -0.15) is 18.3 Å². The number of nitrogens with zero attached hydrogens (tertiary/aromatic N) is 2. The Morgan fingerprint density at radius 2 is 1.64 bits per heavy atom. The van der Waals surface area contributed by atoms with Crippen LogP contribution >= 0.6 is 11.6 Å². The minimum atomic E-state index is -4.83. The molecule has 3 aromatic rings. The van der Waals surface area contributed by atoms with Crippen LogP contribution in [0.25, 0.3) is 5.69 Å². The minimum absolute atomic E-state index is 0.0987. The molecule has 3 rings (SSSR count). The maximum atomic E-state index is 13.6. The number of halogens is 4. The second kappa shape index (κ2) is 7.35. The molecule has 6 nitrogen and oxygen atoms in total. The molecule has 0 saturated carbocycles. The van der Waals surface area contributed by atoms with Gasteiger partial charge in [0.2, 0.25) is 5.91 Å². The number of amides is 2. The van der Waals surface area contributed by atoms with Crippen LogP contribution in [-0.2, 0) is 6.18 Å². The number of carbonyl (C=O) groups excluding carboxylic acids is 2. The highest BCUT2D eigenvalue weighted by molar-refractivity contribution is 6.30. The van der Waals surface area contributed by atoms with Crippen molar-refractivity contribution >= 4 is 29.1 Å². The van der Waals surface area contributed by atoms with Crippen molar-refractivity contribution in [3.05, 3.63) is 76.6 Å². The highest BCUT2D eigenvalue weighted by Crippen LogP contribution is 2.34. The Morgan fingerprint density at radius 1 is 1.04 bits per heavy atom. The summed E-state index contributed by atoms with van der Waals surface area (Å²) in [7, 11) is 0. The van der Waals surface area contributed by atoms with Gasteiger partial charge in [-0.25, -0.2) is 4.68 Å². The molecule has 0 aliphatic heterocycles. The summed E-state index contributed by atoms with van der Waals surface area (Å²) in [6, 6.07) is 10.9. The summed E-state index contributed by atoms with van der Waals surface area (Å²) in [4.78, 5) is 23.5. The Hall–Kier alpha value is -3.33. The molecule has 2 amide bonds. The predicted molar refractivity (Wildman–Crippen MR) is 96.5 cm³/mol. The maximum Gasteiger partial charge on any atom is 0.434 e. The van der Waals surface area contributed by atoms with Gasteiger partial charge in [-0.05, 0) is 48.5 Å². The monoisotopic (exact) mass is 408 g/mol. The van der Waals surface area contributed by atoms with Crippen LogP contribution in [0.2, 0.25) is 5.02 Å². The molecule has 3 N–H and O–H groups in total. The summed E-state index contributed by atoms with van der Waals surface area (Å²) in [5.74, 6) is -1.67. The van der Waals surface area contributed by atoms with Crippen molar-refractivity contribution < 1.29 is 22.8 Å². The lowest BCUT2D eigenvalue weighted by Crippen LogP contribution is -2.20. The van der Waals surface area contributed by atoms with Crippen LogP contribution in [0.5, 0.6) is 0 Å². The zero-order valence-electron chi connectivity index (χ0n) is 14.0. The van der Waals surface area contributed by atoms with E-state index >= 15 is 0 Å². The van der Waals surface area contributed by atoms with Gasteiger partial charge in [0.25, 0.3) is 5.91 Å². The fraction of sp³-hybridized carbons (Fsp3) is 0.0556. The fourth-order valence-electron chi connectivity index (χ4n) is 2.48. The smallest absolute Gasteiger partial charge is 0.366 e. The Morgan fingerprint density at radius 3 is 2.18 bits per heavy atom. The molecule has 0 bridgehead atoms. The van der Waals surface area contributed by atoms with Crippen LogP contribution in [0.4, 0.5) is 18.9 Å². The molecule has 0 aliphatic rings. The number of nitrogens with two attached hydrogens (primary N) is 1. The molecule has 2 aromatic carbocycles. The van der Waals surface area contributed by atoms with Gasteiger partial charge in [0.05, 0.1) is 17.4 Å². The number of nitrogens with one attached hydrogen (secondary N) is 1. The van der Waals surface area contributed by atoms with E-state index in [0.717, 1.165) is 6.20 Å². The highest BCUT2D eigenvalue weighted by atomic mass is 35.5. The summed E-state index contributed by atoms with van der Waals surface area (Å²) >= 11 is 5.76. The number of anilines is 1. The predicted octanol–water partition coefficient (Wildman–Crippen LogP) is 3.90. The molecule has 0 aliphatic carbocycles. The lowest BCUT2D eigenvalue weighted by atomic mass is 10.1. The molecular weight excluding hydrogens is 397 g/mol. The van der Waals surface area contributed by atoms with Crippen molar-refractivity contribution in [3.63, 3.8) is 0 Å². The second-order valence-corrected chi connectivity index (χ2v) is 6.12. The maximum absolute atomic E-state index is 13.6. The van der Waals surface area contributed by atoms with Gasteiger partial charge in [0, 0.05) is 16.3 Å². The van der Waals surface area contributed by atoms with Gasteiger partial charge in [-0.15, -0.1) is 0 Å². The van der Waals surface area contributed by atoms with Crippen LogP contribution in [-0.4, -0.2) is 21.6 Å². The van der Waals surface area contributed by atoms with E-state index in [4.69, 9.17) is 17.3 Å². The molecule has 0 unspecified atom stereocenters. The number of carbonyl (C=O) groups is 2. The summed E-state index contributed by atoms with van der Waals surface area (Å²) in [6.07, 6.45) is -4.00. The molecule has 144 valence electrons. The number of alkyl halides is 3. The van der Waals surface area contributed by atoms with Gasteiger partial charge in [0.1, 0.15) is 0 Å². The first-order valence-electron chi connectivity index (χ1n) is 7.79. The molecule has 1 aromatic heterocycles. The fourth-order valence-corrected chi connectivity index (χ4v) is 2.61. The summed E-state index contributed by atoms with van der Waals surface area (Å²) in [6.45, 7) is 0. The number of benzene rings is 2. The Kier molecular flexibility index (Phi) is 5.10. The number of rotatable bonds is 4. The van der Waals surface area contributed by atoms with E-state index in [1.165, 1.54) is 48.5 Å². The van der Waals surface area contributed by atoms with Crippen LogP contribution in [0.3, 0.4) is 0 Å². The van der Waals surface area contributed by atoms with E-state index in [0.29, 0.717) is 9.70 Å². The van der Waals surface area contributed by atoms with E-state index < -0.39 is 29.2 Å². The Bertz CT molecular complexity index is 1030. The summed E-state index contributed by atoms with van der Waals surface area (Å²) in [5.41, 5.74) is 3.74. The third kappa shape index (κ3) is 3.99. The Balaban J connectivity index is 1.96. The standard InChI is InChI=1S/C18H12ClF3N4O2/c19-11-3-7-13(8-4-11)26-15(18(20,21)22)14(9-24-26)17(28)25-12-5-1-10(2-6-12)16(23)27/h1-9H,(H2,23,27)(H,25,28). The molecule has 0 radical (unpaired) electrons. The number of hydrogen-bond donors (Lipinski definition) is 2. The van der Waals surface area contributed by atoms with Crippen molar-refractivity contribution in [3.8, 4) is 5.69 Å². The van der Waals surface area contributed by atoms with Crippen molar-refractivity contribution in [1.82, 2.24) is 9.78 Å². The molecule has 0 spiro atoms. The molecule has 1 heterocycles. The van der Waals surface area contributed by atoms with E-state index in [1.54, 1.807) is 0 Å². The van der Waals surface area contributed by atoms with Gasteiger partial charge >= 0.3 is 6.18 Å². The molecule has 10 heteroatoms. The van der Waals surface area contributed by atoms with Gasteiger partial charge in [-0.1, -0.05) is 11.6 Å². The SMILES string of the molecule is NC(=O)c1ccc(NC(=O)c2cnn(-c3ccc(Cl)cc3)c2C(F)(F)F)cc1.